The minimum Gasteiger partial charge on any atom is -0.249 e. The van der Waals surface area contributed by atoms with Gasteiger partial charge in [-0.3, -0.25) is 0 Å². The van der Waals surface area contributed by atoms with Crippen LogP contribution in [0.25, 0.3) is 0 Å². The molecule has 2 heteroatoms. The zero-order chi connectivity index (χ0) is 7.98. The molecule has 0 aliphatic heterocycles. The van der Waals surface area contributed by atoms with Crippen LogP contribution in [0.3, 0.4) is 0 Å². The molecule has 56 valence electrons. The molecule has 0 saturated carbocycles. The fraction of sp³-hybridized carbons (Fsp3) is 0.375. The third-order valence-electron chi connectivity index (χ3n) is 0.882. The van der Waals surface area contributed by atoms with Crippen LogP contribution in [0.15, 0.2) is 22.9 Å². The third-order valence-corrected chi connectivity index (χ3v) is 1.32. The first-order chi connectivity index (χ1) is 4.79. The van der Waals surface area contributed by atoms with Crippen molar-refractivity contribution in [2.75, 3.05) is 0 Å². The fourth-order valence-corrected chi connectivity index (χ4v) is 0.979. The van der Waals surface area contributed by atoms with Crippen LogP contribution in [0.1, 0.15) is 19.4 Å². The van der Waals surface area contributed by atoms with E-state index in [9.17, 15) is 0 Å². The molecule has 0 aliphatic carbocycles. The maximum absolute atomic E-state index is 3.96. The summed E-state index contributed by atoms with van der Waals surface area (Å²) in [5.74, 6) is 0. The Kier molecular flexibility index (Phi) is 5.22. The molecule has 1 aromatic rings. The second kappa shape index (κ2) is 5.42. The second-order valence-electron chi connectivity index (χ2n) is 1.66. The highest BCUT2D eigenvalue weighted by molar-refractivity contribution is 9.10. The molecular formula is C8H12BrN. The Morgan fingerprint density at radius 3 is 2.30 bits per heavy atom. The van der Waals surface area contributed by atoms with Crippen LogP contribution in [0, 0.1) is 6.92 Å². The van der Waals surface area contributed by atoms with Crippen LogP contribution >= 0.6 is 15.9 Å². The van der Waals surface area contributed by atoms with Gasteiger partial charge in [0.15, 0.2) is 0 Å². The van der Waals surface area contributed by atoms with Gasteiger partial charge in [-0.05, 0) is 40.5 Å². The lowest BCUT2D eigenvalue weighted by molar-refractivity contribution is 1.24. The van der Waals surface area contributed by atoms with E-state index in [4.69, 9.17) is 0 Å². The normalized spacial score (nSPS) is 8.00. The summed E-state index contributed by atoms with van der Waals surface area (Å²) in [5.41, 5.74) is 1.23. The predicted octanol–water partition coefficient (Wildman–Crippen LogP) is 3.18. The van der Waals surface area contributed by atoms with Crippen LogP contribution in [0.5, 0.6) is 0 Å². The number of nitrogens with zero attached hydrogens (tertiary/aromatic N) is 1. The van der Waals surface area contributed by atoms with Crippen molar-refractivity contribution in [2.24, 2.45) is 0 Å². The van der Waals surface area contributed by atoms with E-state index in [-0.39, 0.29) is 0 Å². The van der Waals surface area contributed by atoms with E-state index < -0.39 is 0 Å². The highest BCUT2D eigenvalue weighted by atomic mass is 79.9. The van der Waals surface area contributed by atoms with E-state index in [1.165, 1.54) is 5.56 Å². The summed E-state index contributed by atoms with van der Waals surface area (Å²) in [6.45, 7) is 6.03. The van der Waals surface area contributed by atoms with Gasteiger partial charge in [-0.1, -0.05) is 13.8 Å². The molecule has 10 heavy (non-hydrogen) atoms. The van der Waals surface area contributed by atoms with Crippen molar-refractivity contribution in [3.63, 3.8) is 0 Å². The van der Waals surface area contributed by atoms with Gasteiger partial charge in [0.05, 0.1) is 0 Å². The van der Waals surface area contributed by atoms with Crippen molar-refractivity contribution < 1.29 is 0 Å². The van der Waals surface area contributed by atoms with Crippen LogP contribution in [0.2, 0.25) is 0 Å². The first-order valence-corrected chi connectivity index (χ1v) is 4.16. The summed E-state index contributed by atoms with van der Waals surface area (Å²) in [6, 6.07) is 3.94. The first-order valence-electron chi connectivity index (χ1n) is 3.37. The molecule has 0 amide bonds. The monoisotopic (exact) mass is 201 g/mol. The Morgan fingerprint density at radius 2 is 2.00 bits per heavy atom. The van der Waals surface area contributed by atoms with Gasteiger partial charge in [-0.2, -0.15) is 0 Å². The maximum Gasteiger partial charge on any atom is 0.106 e. The Hall–Kier alpha value is -0.370. The van der Waals surface area contributed by atoms with Gasteiger partial charge in [-0.15, -0.1) is 0 Å². The van der Waals surface area contributed by atoms with E-state index in [0.29, 0.717) is 0 Å². The summed E-state index contributed by atoms with van der Waals surface area (Å²) in [5, 5.41) is 0. The predicted molar refractivity (Wildman–Crippen MR) is 48.0 cm³/mol. The molecule has 1 aromatic heterocycles. The highest BCUT2D eigenvalue weighted by Gasteiger charge is 1.83. The molecule has 0 bridgehead atoms. The van der Waals surface area contributed by atoms with Gasteiger partial charge >= 0.3 is 0 Å². The number of pyridine rings is 1. The lowest BCUT2D eigenvalue weighted by atomic mass is 10.3. The number of aryl methyl sites for hydroxylation is 1. The van der Waals surface area contributed by atoms with Gasteiger partial charge in [0.25, 0.3) is 0 Å². The lowest BCUT2D eigenvalue weighted by Crippen LogP contribution is -1.73. The third kappa shape index (κ3) is 3.62. The molecule has 0 unspecified atom stereocenters. The van der Waals surface area contributed by atoms with E-state index in [1.54, 1.807) is 6.20 Å². The van der Waals surface area contributed by atoms with E-state index in [1.807, 2.05) is 32.9 Å². The first kappa shape index (κ1) is 9.63. The summed E-state index contributed by atoms with van der Waals surface area (Å²) in [4.78, 5) is 3.96. The smallest absolute Gasteiger partial charge is 0.106 e. The van der Waals surface area contributed by atoms with Gasteiger partial charge < -0.3 is 0 Å². The molecule has 1 rings (SSSR count). The summed E-state index contributed by atoms with van der Waals surface area (Å²) < 4.78 is 0.900. The second-order valence-corrected chi connectivity index (χ2v) is 2.47. The molecule has 0 radical (unpaired) electrons. The minimum atomic E-state index is 0.900. The number of hydrogen-bond donors (Lipinski definition) is 0. The van der Waals surface area contributed by atoms with E-state index in [2.05, 4.69) is 20.9 Å². The standard InChI is InChI=1S/C6H6BrN.C2H6/c1-5-2-3-8-6(7)4-5;1-2/h2-4H,1H3;1-2H3. The molecule has 0 saturated heterocycles. The highest BCUT2D eigenvalue weighted by Crippen LogP contribution is 2.05. The van der Waals surface area contributed by atoms with Gasteiger partial charge in [0.1, 0.15) is 4.60 Å². The van der Waals surface area contributed by atoms with Crippen molar-refractivity contribution in [3.05, 3.63) is 28.5 Å². The van der Waals surface area contributed by atoms with Crippen LogP contribution < -0.4 is 0 Å². The molecule has 0 spiro atoms. The number of halogens is 1. The molecule has 0 aliphatic rings. The van der Waals surface area contributed by atoms with Crippen molar-refractivity contribution in [1.29, 1.82) is 0 Å². The number of hydrogen-bond acceptors (Lipinski definition) is 1. The average Bonchev–Trinajstić information content (AvgIpc) is 1.91. The quantitative estimate of drug-likeness (QED) is 0.588. The number of aromatic nitrogens is 1. The molecule has 0 N–H and O–H groups in total. The van der Waals surface area contributed by atoms with Crippen LogP contribution in [0.4, 0.5) is 0 Å². The SMILES string of the molecule is CC.Cc1ccnc(Br)c1. The largest absolute Gasteiger partial charge is 0.249 e. The lowest BCUT2D eigenvalue weighted by Gasteiger charge is -1.88. The van der Waals surface area contributed by atoms with Crippen molar-refractivity contribution in [1.82, 2.24) is 4.98 Å². The molecule has 0 atom stereocenters. The Balaban J connectivity index is 0.000000371. The Morgan fingerprint density at radius 1 is 1.40 bits per heavy atom. The van der Waals surface area contributed by atoms with Crippen LogP contribution in [-0.2, 0) is 0 Å². The summed E-state index contributed by atoms with van der Waals surface area (Å²) in [7, 11) is 0. The topological polar surface area (TPSA) is 12.9 Å². The van der Waals surface area contributed by atoms with E-state index >= 15 is 0 Å². The maximum atomic E-state index is 3.96. The van der Waals surface area contributed by atoms with E-state index in [0.717, 1.165) is 4.60 Å². The molecule has 0 fully saturated rings. The molecule has 1 heterocycles. The Labute approximate surface area is 70.6 Å². The van der Waals surface area contributed by atoms with Crippen molar-refractivity contribution in [3.8, 4) is 0 Å². The minimum absolute atomic E-state index is 0.900. The fourth-order valence-electron chi connectivity index (χ4n) is 0.499. The molecule has 1 nitrogen and oxygen atoms in total. The van der Waals surface area contributed by atoms with Crippen molar-refractivity contribution in [2.45, 2.75) is 20.8 Å². The molecule has 0 aromatic carbocycles. The van der Waals surface area contributed by atoms with Gasteiger partial charge in [-0.25, -0.2) is 4.98 Å². The number of rotatable bonds is 0. The Bertz CT molecular complexity index is 169. The molecular weight excluding hydrogens is 190 g/mol. The zero-order valence-corrected chi connectivity index (χ0v) is 8.14. The summed E-state index contributed by atoms with van der Waals surface area (Å²) in [6.07, 6.45) is 1.78. The average molecular weight is 202 g/mol. The zero-order valence-electron chi connectivity index (χ0n) is 6.56. The van der Waals surface area contributed by atoms with Crippen molar-refractivity contribution >= 4 is 15.9 Å². The van der Waals surface area contributed by atoms with Gasteiger partial charge in [0.2, 0.25) is 0 Å². The summed E-state index contributed by atoms with van der Waals surface area (Å²) >= 11 is 3.25. The van der Waals surface area contributed by atoms with Gasteiger partial charge in [0, 0.05) is 6.20 Å². The van der Waals surface area contributed by atoms with Crippen LogP contribution in [-0.4, -0.2) is 4.98 Å².